The Morgan fingerprint density at radius 3 is 1.40 bits per heavy atom. The lowest BCUT2D eigenvalue weighted by atomic mass is 9.99. The second-order valence-electron chi connectivity index (χ2n) is 18.0. The van der Waals surface area contributed by atoms with Crippen molar-refractivity contribution >= 4 is 5.91 Å². The Morgan fingerprint density at radius 2 is 0.950 bits per heavy atom. The van der Waals surface area contributed by atoms with Crippen LogP contribution in [0.5, 0.6) is 0 Å². The van der Waals surface area contributed by atoms with E-state index in [1.807, 2.05) is 6.08 Å². The number of rotatable bonds is 43. The normalized spacial score (nSPS) is 20.7. The first-order valence-corrected chi connectivity index (χ1v) is 25.6. The van der Waals surface area contributed by atoms with E-state index in [0.29, 0.717) is 6.42 Å². The van der Waals surface area contributed by atoms with Crippen molar-refractivity contribution in [1.82, 2.24) is 5.32 Å². The lowest BCUT2D eigenvalue weighted by Crippen LogP contribution is -2.60. The molecule has 1 aliphatic rings. The molecule has 0 bridgehead atoms. The fourth-order valence-corrected chi connectivity index (χ4v) is 8.17. The molecule has 9 nitrogen and oxygen atoms in total. The van der Waals surface area contributed by atoms with Crippen molar-refractivity contribution in [3.63, 3.8) is 0 Å². The zero-order chi connectivity index (χ0) is 43.7. The van der Waals surface area contributed by atoms with Crippen LogP contribution in [-0.4, -0.2) is 87.5 Å². The van der Waals surface area contributed by atoms with Gasteiger partial charge in [0.25, 0.3) is 0 Å². The number of nitrogens with one attached hydrogen (secondary N) is 1. The topological polar surface area (TPSA) is 149 Å². The highest BCUT2D eigenvalue weighted by atomic mass is 16.7. The maximum atomic E-state index is 12.8. The number of aliphatic hydroxyl groups excluding tert-OH is 5. The monoisotopic (exact) mass is 852 g/mol. The number of amides is 1. The molecule has 6 N–H and O–H groups in total. The minimum atomic E-state index is -1.57. The van der Waals surface area contributed by atoms with Gasteiger partial charge in [-0.15, -0.1) is 0 Å². The molecule has 1 fully saturated rings. The van der Waals surface area contributed by atoms with E-state index >= 15 is 0 Å². The van der Waals surface area contributed by atoms with E-state index in [2.05, 4.69) is 31.3 Å². The lowest BCUT2D eigenvalue weighted by Gasteiger charge is -2.40. The first kappa shape index (κ1) is 56.7. The minimum absolute atomic E-state index is 0.193. The SMILES string of the molecule is CCCCCCCCCCCCCCCCCCCCCCCCCC/C=C/CC/C=C/C(O)C(COC1OC(CO)C(O)C(O)C1O)NC(=O)CCCCCCCCC. The molecule has 7 atom stereocenters. The summed E-state index contributed by atoms with van der Waals surface area (Å²) in [5, 5.41) is 54.0. The van der Waals surface area contributed by atoms with Crippen LogP contribution in [0.1, 0.15) is 239 Å². The van der Waals surface area contributed by atoms with Gasteiger partial charge in [-0.1, -0.05) is 224 Å². The van der Waals surface area contributed by atoms with Crippen molar-refractivity contribution in [2.75, 3.05) is 13.2 Å². The zero-order valence-electron chi connectivity index (χ0n) is 39.0. The Balaban J connectivity index is 2.14. The smallest absolute Gasteiger partial charge is 0.220 e. The van der Waals surface area contributed by atoms with Crippen molar-refractivity contribution in [1.29, 1.82) is 0 Å². The Kier molecular flexibility index (Phi) is 39.4. The fraction of sp³-hybridized carbons (Fsp3) is 0.902. The predicted octanol–water partition coefficient (Wildman–Crippen LogP) is 11.5. The summed E-state index contributed by atoms with van der Waals surface area (Å²) in [6.45, 7) is 3.72. The summed E-state index contributed by atoms with van der Waals surface area (Å²) in [5.74, 6) is -0.193. The molecule has 0 aromatic rings. The van der Waals surface area contributed by atoms with Gasteiger partial charge in [-0.05, 0) is 32.1 Å². The van der Waals surface area contributed by atoms with E-state index in [0.717, 1.165) is 38.5 Å². The van der Waals surface area contributed by atoms with Crippen LogP contribution in [0.4, 0.5) is 0 Å². The van der Waals surface area contributed by atoms with Gasteiger partial charge in [-0.2, -0.15) is 0 Å². The molecular weight excluding hydrogens is 755 g/mol. The molecule has 1 amide bonds. The number of hydrogen-bond donors (Lipinski definition) is 6. The highest BCUT2D eigenvalue weighted by Crippen LogP contribution is 2.23. The van der Waals surface area contributed by atoms with E-state index < -0.39 is 49.5 Å². The number of carbonyl (C=O) groups is 1. The summed E-state index contributed by atoms with van der Waals surface area (Å²) in [6.07, 6.45) is 44.3. The summed E-state index contributed by atoms with van der Waals surface area (Å²) in [6, 6.07) is -0.815. The zero-order valence-corrected chi connectivity index (χ0v) is 39.0. The van der Waals surface area contributed by atoms with E-state index in [1.54, 1.807) is 6.08 Å². The Labute approximate surface area is 369 Å². The molecule has 9 heteroatoms. The molecule has 7 unspecified atom stereocenters. The molecule has 0 aromatic carbocycles. The minimum Gasteiger partial charge on any atom is -0.394 e. The standard InChI is InChI=1S/C51H97NO8/c1-3-5-7-9-11-12-13-14-15-16-17-18-19-20-21-22-23-24-25-26-27-28-29-30-31-32-33-35-36-38-40-45(54)44(52-47(55)41-39-37-34-10-8-6-4-2)43-59-51-50(58)49(57)48(56)46(42-53)60-51/h32-33,38,40,44-46,48-51,53-54,56-58H,3-31,34-37,39,41-43H2,1-2H3,(H,52,55)/b33-32+,40-38+. The molecule has 0 radical (unpaired) electrons. The third-order valence-electron chi connectivity index (χ3n) is 12.3. The van der Waals surface area contributed by atoms with Gasteiger partial charge in [0.2, 0.25) is 5.91 Å². The number of carbonyl (C=O) groups excluding carboxylic acids is 1. The second-order valence-corrected chi connectivity index (χ2v) is 18.0. The van der Waals surface area contributed by atoms with Crippen LogP contribution in [0.3, 0.4) is 0 Å². The van der Waals surface area contributed by atoms with Gasteiger partial charge in [0.05, 0.1) is 25.4 Å². The first-order valence-electron chi connectivity index (χ1n) is 25.6. The summed E-state index contributed by atoms with van der Waals surface area (Å²) in [7, 11) is 0. The van der Waals surface area contributed by atoms with Gasteiger partial charge in [0, 0.05) is 6.42 Å². The predicted molar refractivity (Wildman–Crippen MR) is 249 cm³/mol. The molecule has 1 saturated heterocycles. The third-order valence-corrected chi connectivity index (χ3v) is 12.3. The van der Waals surface area contributed by atoms with Crippen molar-refractivity contribution < 1.29 is 39.8 Å². The largest absolute Gasteiger partial charge is 0.394 e. The van der Waals surface area contributed by atoms with Gasteiger partial charge in [-0.25, -0.2) is 0 Å². The van der Waals surface area contributed by atoms with Gasteiger partial charge in [-0.3, -0.25) is 4.79 Å². The molecule has 0 aromatic heterocycles. The highest BCUT2D eigenvalue weighted by molar-refractivity contribution is 5.76. The molecule has 0 saturated carbocycles. The van der Waals surface area contributed by atoms with Gasteiger partial charge in [0.1, 0.15) is 24.4 Å². The van der Waals surface area contributed by atoms with Gasteiger partial charge < -0.3 is 40.3 Å². The molecule has 60 heavy (non-hydrogen) atoms. The van der Waals surface area contributed by atoms with E-state index in [4.69, 9.17) is 9.47 Å². The molecule has 0 spiro atoms. The number of hydrogen-bond acceptors (Lipinski definition) is 8. The van der Waals surface area contributed by atoms with Crippen LogP contribution in [0, 0.1) is 0 Å². The Bertz CT molecular complexity index is 992. The van der Waals surface area contributed by atoms with Gasteiger partial charge in [0.15, 0.2) is 6.29 Å². The molecule has 1 heterocycles. The van der Waals surface area contributed by atoms with Crippen LogP contribution in [0.25, 0.3) is 0 Å². The van der Waals surface area contributed by atoms with Crippen LogP contribution in [0.2, 0.25) is 0 Å². The summed E-state index contributed by atoms with van der Waals surface area (Å²) < 4.78 is 11.2. The van der Waals surface area contributed by atoms with Crippen LogP contribution < -0.4 is 5.32 Å². The average Bonchev–Trinajstić information content (AvgIpc) is 3.25. The Morgan fingerprint density at radius 1 is 0.550 bits per heavy atom. The van der Waals surface area contributed by atoms with Gasteiger partial charge >= 0.3 is 0 Å². The van der Waals surface area contributed by atoms with Crippen molar-refractivity contribution in [3.05, 3.63) is 24.3 Å². The second kappa shape index (κ2) is 41.7. The van der Waals surface area contributed by atoms with E-state index in [1.165, 1.54) is 180 Å². The van der Waals surface area contributed by atoms with E-state index in [-0.39, 0.29) is 12.5 Å². The number of aliphatic hydroxyl groups is 5. The maximum Gasteiger partial charge on any atom is 0.220 e. The van der Waals surface area contributed by atoms with Crippen molar-refractivity contribution in [2.24, 2.45) is 0 Å². The molecule has 1 aliphatic heterocycles. The fourth-order valence-electron chi connectivity index (χ4n) is 8.17. The van der Waals surface area contributed by atoms with Crippen LogP contribution >= 0.6 is 0 Å². The van der Waals surface area contributed by atoms with Crippen molar-refractivity contribution in [3.8, 4) is 0 Å². The summed E-state index contributed by atoms with van der Waals surface area (Å²) in [5.41, 5.74) is 0. The molecule has 0 aliphatic carbocycles. The first-order chi connectivity index (χ1) is 29.3. The van der Waals surface area contributed by atoms with E-state index in [9.17, 15) is 30.3 Å². The van der Waals surface area contributed by atoms with Crippen LogP contribution in [-0.2, 0) is 14.3 Å². The average molecular weight is 852 g/mol. The maximum absolute atomic E-state index is 12.8. The number of allylic oxidation sites excluding steroid dienone is 3. The van der Waals surface area contributed by atoms with Crippen molar-refractivity contribution in [2.45, 2.75) is 281 Å². The Hall–Kier alpha value is -1.33. The molecule has 1 rings (SSSR count). The van der Waals surface area contributed by atoms with Crippen LogP contribution in [0.15, 0.2) is 24.3 Å². The molecule has 354 valence electrons. The summed E-state index contributed by atoms with van der Waals surface area (Å²) in [4.78, 5) is 12.8. The number of ether oxygens (including phenoxy) is 2. The highest BCUT2D eigenvalue weighted by Gasteiger charge is 2.44. The summed E-state index contributed by atoms with van der Waals surface area (Å²) >= 11 is 0. The number of unbranched alkanes of at least 4 members (excludes halogenated alkanes) is 31. The third kappa shape index (κ3) is 31.5. The molecular formula is C51H97NO8. The quantitative estimate of drug-likeness (QED) is 0.0262. The lowest BCUT2D eigenvalue weighted by molar-refractivity contribution is -0.302.